The van der Waals surface area contributed by atoms with Crippen LogP contribution in [-0.2, 0) is 17.9 Å². The van der Waals surface area contributed by atoms with E-state index in [1.165, 1.54) is 0 Å². The molecule has 1 atom stereocenters. The number of nitrogens with zero attached hydrogens (tertiary/aromatic N) is 3. The Labute approximate surface area is 130 Å². The van der Waals surface area contributed by atoms with Gasteiger partial charge in [-0.1, -0.05) is 23.8 Å². The van der Waals surface area contributed by atoms with Gasteiger partial charge in [0.25, 0.3) is 0 Å². The Balaban J connectivity index is 1.96. The predicted octanol–water partition coefficient (Wildman–Crippen LogP) is 2.45. The summed E-state index contributed by atoms with van der Waals surface area (Å²) >= 11 is 0. The maximum atomic E-state index is 11.9. The van der Waals surface area contributed by atoms with Crippen LogP contribution in [-0.4, -0.2) is 32.3 Å². The van der Waals surface area contributed by atoms with Gasteiger partial charge in [0, 0.05) is 13.1 Å². The van der Waals surface area contributed by atoms with Crippen LogP contribution in [0.2, 0.25) is 0 Å². The highest BCUT2D eigenvalue weighted by molar-refractivity contribution is 5.76. The van der Waals surface area contributed by atoms with Crippen LogP contribution in [0.3, 0.4) is 0 Å². The summed E-state index contributed by atoms with van der Waals surface area (Å²) in [7, 11) is 0. The van der Waals surface area contributed by atoms with Crippen molar-refractivity contribution >= 4 is 5.97 Å². The molecule has 1 aliphatic rings. The standard InChI is InChI=1S/C17H21N3O2/c1-11-4-5-12(2)15(8-11)16(17(21)22)19-6-7-20-14(10-19)9-13(3)18-20/h4-5,8-9,16H,6-7,10H2,1-3H3,(H,21,22). The Morgan fingerprint density at radius 3 is 2.73 bits per heavy atom. The van der Waals surface area contributed by atoms with Gasteiger partial charge in [0.2, 0.25) is 0 Å². The zero-order chi connectivity index (χ0) is 15.9. The van der Waals surface area contributed by atoms with E-state index in [9.17, 15) is 9.90 Å². The van der Waals surface area contributed by atoms with Crippen LogP contribution in [0.25, 0.3) is 0 Å². The van der Waals surface area contributed by atoms with E-state index in [-0.39, 0.29) is 0 Å². The molecule has 0 radical (unpaired) electrons. The first-order valence-corrected chi connectivity index (χ1v) is 7.53. The predicted molar refractivity (Wildman–Crippen MR) is 83.7 cm³/mol. The molecule has 0 fully saturated rings. The first-order valence-electron chi connectivity index (χ1n) is 7.53. The van der Waals surface area contributed by atoms with Crippen LogP contribution in [0.5, 0.6) is 0 Å². The molecule has 5 heteroatoms. The minimum atomic E-state index is -0.793. The molecule has 1 aromatic heterocycles. The van der Waals surface area contributed by atoms with Crippen molar-refractivity contribution in [1.29, 1.82) is 0 Å². The SMILES string of the molecule is Cc1ccc(C)c(C(C(=O)O)N2CCn3nc(C)cc3C2)c1. The van der Waals surface area contributed by atoms with E-state index in [1.807, 2.05) is 54.6 Å². The molecule has 0 saturated carbocycles. The Morgan fingerprint density at radius 2 is 2.00 bits per heavy atom. The van der Waals surface area contributed by atoms with Gasteiger partial charge in [-0.3, -0.25) is 14.4 Å². The molecule has 0 saturated heterocycles. The molecule has 1 aliphatic heterocycles. The number of aromatic nitrogens is 2. The normalized spacial score (nSPS) is 16.3. The van der Waals surface area contributed by atoms with Crippen molar-refractivity contribution in [3.05, 3.63) is 52.3 Å². The van der Waals surface area contributed by atoms with E-state index in [1.54, 1.807) is 0 Å². The molecule has 0 aliphatic carbocycles. The summed E-state index contributed by atoms with van der Waals surface area (Å²) in [5.74, 6) is -0.793. The summed E-state index contributed by atoms with van der Waals surface area (Å²) in [6.07, 6.45) is 0. The Morgan fingerprint density at radius 1 is 1.23 bits per heavy atom. The summed E-state index contributed by atoms with van der Waals surface area (Å²) in [6, 6.07) is 7.44. The molecular weight excluding hydrogens is 278 g/mol. The lowest BCUT2D eigenvalue weighted by Gasteiger charge is -2.33. The van der Waals surface area contributed by atoms with E-state index in [2.05, 4.69) is 5.10 Å². The summed E-state index contributed by atoms with van der Waals surface area (Å²) in [6.45, 7) is 7.98. The minimum absolute atomic E-state index is 0.608. The zero-order valence-corrected chi connectivity index (χ0v) is 13.2. The summed E-state index contributed by atoms with van der Waals surface area (Å²) < 4.78 is 1.98. The van der Waals surface area contributed by atoms with Gasteiger partial charge in [-0.15, -0.1) is 0 Å². The number of benzene rings is 1. The fraction of sp³-hybridized carbons (Fsp3) is 0.412. The van der Waals surface area contributed by atoms with Crippen molar-refractivity contribution < 1.29 is 9.90 Å². The van der Waals surface area contributed by atoms with Crippen molar-refractivity contribution in [3.63, 3.8) is 0 Å². The highest BCUT2D eigenvalue weighted by Crippen LogP contribution is 2.28. The van der Waals surface area contributed by atoms with Crippen LogP contribution in [0.4, 0.5) is 0 Å². The van der Waals surface area contributed by atoms with Crippen molar-refractivity contribution in [1.82, 2.24) is 14.7 Å². The van der Waals surface area contributed by atoms with Crippen LogP contribution in [0.15, 0.2) is 24.3 Å². The average molecular weight is 299 g/mol. The van der Waals surface area contributed by atoms with Crippen molar-refractivity contribution in [2.75, 3.05) is 6.54 Å². The van der Waals surface area contributed by atoms with Crippen LogP contribution >= 0.6 is 0 Å². The average Bonchev–Trinajstić information content (AvgIpc) is 2.82. The topological polar surface area (TPSA) is 58.4 Å². The number of carboxylic acid groups (broad SMARTS) is 1. The molecule has 22 heavy (non-hydrogen) atoms. The highest BCUT2D eigenvalue weighted by atomic mass is 16.4. The van der Waals surface area contributed by atoms with Gasteiger partial charge in [-0.05, 0) is 38.0 Å². The Bertz CT molecular complexity index is 721. The van der Waals surface area contributed by atoms with Gasteiger partial charge < -0.3 is 5.11 Å². The van der Waals surface area contributed by atoms with Crippen molar-refractivity contribution in [3.8, 4) is 0 Å². The monoisotopic (exact) mass is 299 g/mol. The van der Waals surface area contributed by atoms with Gasteiger partial charge in [-0.2, -0.15) is 5.10 Å². The molecule has 3 rings (SSSR count). The van der Waals surface area contributed by atoms with E-state index in [0.29, 0.717) is 13.1 Å². The third-order valence-electron chi connectivity index (χ3n) is 4.28. The maximum absolute atomic E-state index is 11.9. The van der Waals surface area contributed by atoms with Crippen molar-refractivity contribution in [2.24, 2.45) is 0 Å². The number of hydrogen-bond donors (Lipinski definition) is 1. The summed E-state index contributed by atoms with van der Waals surface area (Å²) in [4.78, 5) is 13.9. The molecule has 0 amide bonds. The second kappa shape index (κ2) is 5.57. The fourth-order valence-electron chi connectivity index (χ4n) is 3.19. The smallest absolute Gasteiger partial charge is 0.325 e. The van der Waals surface area contributed by atoms with E-state index in [4.69, 9.17) is 0 Å². The zero-order valence-electron chi connectivity index (χ0n) is 13.2. The second-order valence-electron chi connectivity index (χ2n) is 6.07. The molecular formula is C17H21N3O2. The van der Waals surface area contributed by atoms with Gasteiger partial charge in [-0.25, -0.2) is 0 Å². The third-order valence-corrected chi connectivity index (χ3v) is 4.28. The largest absolute Gasteiger partial charge is 0.480 e. The lowest BCUT2D eigenvalue weighted by atomic mass is 9.97. The molecule has 5 nitrogen and oxygen atoms in total. The maximum Gasteiger partial charge on any atom is 0.325 e. The van der Waals surface area contributed by atoms with Gasteiger partial charge in [0.05, 0.1) is 17.9 Å². The van der Waals surface area contributed by atoms with Crippen LogP contribution < -0.4 is 0 Å². The van der Waals surface area contributed by atoms with Crippen LogP contribution in [0.1, 0.15) is 34.1 Å². The number of aryl methyl sites for hydroxylation is 3. The quantitative estimate of drug-likeness (QED) is 0.946. The number of aliphatic carboxylic acids is 1. The number of carbonyl (C=O) groups is 1. The molecule has 1 N–H and O–H groups in total. The Kier molecular flexibility index (Phi) is 3.74. The lowest BCUT2D eigenvalue weighted by molar-refractivity contribution is -0.144. The lowest BCUT2D eigenvalue weighted by Crippen LogP contribution is -2.40. The number of hydrogen-bond acceptors (Lipinski definition) is 3. The first kappa shape index (κ1) is 14.8. The molecule has 2 aromatic rings. The van der Waals surface area contributed by atoms with Gasteiger partial charge in [0.15, 0.2) is 0 Å². The molecule has 1 aromatic carbocycles. The molecule has 0 bridgehead atoms. The molecule has 0 spiro atoms. The van der Waals surface area contributed by atoms with E-state index in [0.717, 1.165) is 34.6 Å². The molecule has 2 heterocycles. The highest BCUT2D eigenvalue weighted by Gasteiger charge is 2.31. The number of fused-ring (bicyclic) bond motifs is 1. The third kappa shape index (κ3) is 2.64. The van der Waals surface area contributed by atoms with E-state index < -0.39 is 12.0 Å². The molecule has 1 unspecified atom stereocenters. The van der Waals surface area contributed by atoms with E-state index >= 15 is 0 Å². The second-order valence-corrected chi connectivity index (χ2v) is 6.07. The summed E-state index contributed by atoms with van der Waals surface area (Å²) in [5, 5.41) is 14.2. The molecule has 116 valence electrons. The number of rotatable bonds is 3. The fourth-order valence-corrected chi connectivity index (χ4v) is 3.19. The van der Waals surface area contributed by atoms with Crippen molar-refractivity contribution in [2.45, 2.75) is 39.9 Å². The first-order chi connectivity index (χ1) is 10.5. The summed E-state index contributed by atoms with van der Waals surface area (Å²) in [5.41, 5.74) is 5.06. The van der Waals surface area contributed by atoms with Gasteiger partial charge >= 0.3 is 5.97 Å². The van der Waals surface area contributed by atoms with Crippen LogP contribution in [0, 0.1) is 20.8 Å². The number of carboxylic acids is 1. The Hall–Kier alpha value is -2.14. The minimum Gasteiger partial charge on any atom is -0.480 e. The van der Waals surface area contributed by atoms with Gasteiger partial charge in [0.1, 0.15) is 6.04 Å².